The third-order valence-electron chi connectivity index (χ3n) is 6.27. The fourth-order valence-corrected chi connectivity index (χ4v) is 4.87. The third-order valence-corrected chi connectivity index (χ3v) is 6.27. The minimum Gasteiger partial charge on any atom is -0.632 e. The normalized spacial score (nSPS) is 24.7. The number of hydrogen-bond donors (Lipinski definition) is 0. The van der Waals surface area contributed by atoms with Gasteiger partial charge < -0.3 is 38.3 Å². The summed E-state index contributed by atoms with van der Waals surface area (Å²) in [5.74, 6) is 1.66. The Labute approximate surface area is 191 Å². The summed E-state index contributed by atoms with van der Waals surface area (Å²) < 4.78 is 32.8. The molecule has 1 unspecified atom stereocenters. The molecule has 0 saturated heterocycles. The average molecular weight is 466 g/mol. The number of carbonyl (C=O) groups excluding carboxylic acids is 1. The number of nitrogens with zero attached hydrogens (tertiary/aromatic N) is 1. The average Bonchev–Trinajstić information content (AvgIpc) is 3.35. The van der Waals surface area contributed by atoms with Crippen LogP contribution in [0.1, 0.15) is 39.2 Å². The molecule has 3 atom stereocenters. The molecule has 32 heavy (non-hydrogen) atoms. The number of hydrogen-bond acceptors (Lipinski definition) is 8. The zero-order chi connectivity index (χ0) is 21.9. The predicted molar refractivity (Wildman–Crippen MR) is 115 cm³/mol. The van der Waals surface area contributed by atoms with Crippen molar-refractivity contribution in [2.24, 2.45) is 0 Å². The Bertz CT molecular complexity index is 1090. The molecule has 2 aromatic rings. The topological polar surface area (TPSA) is 95.5 Å². The Hall–Kier alpha value is -2.88. The largest absolute Gasteiger partial charge is 0.632 e. The number of hydroxylamine groups is 3. The predicted octanol–water partition coefficient (Wildman–Crippen LogP) is 3.32. The van der Waals surface area contributed by atoms with Crippen molar-refractivity contribution in [2.45, 2.75) is 18.6 Å². The zero-order valence-electron chi connectivity index (χ0n) is 18.1. The summed E-state index contributed by atoms with van der Waals surface area (Å²) in [6.45, 7) is 0.401. The van der Waals surface area contributed by atoms with Gasteiger partial charge >= 0.3 is 5.97 Å². The molecule has 10 heteroatoms. The van der Waals surface area contributed by atoms with Crippen molar-refractivity contribution in [3.05, 3.63) is 45.7 Å². The van der Waals surface area contributed by atoms with Crippen molar-refractivity contribution < 1.29 is 37.9 Å². The monoisotopic (exact) mass is 465 g/mol. The number of rotatable bonds is 4. The van der Waals surface area contributed by atoms with E-state index in [0.29, 0.717) is 52.8 Å². The second-order valence-electron chi connectivity index (χ2n) is 7.90. The van der Waals surface area contributed by atoms with E-state index in [4.69, 9.17) is 28.4 Å². The first kappa shape index (κ1) is 22.3. The van der Waals surface area contributed by atoms with Gasteiger partial charge in [-0.25, -0.2) is 4.79 Å². The Morgan fingerprint density at radius 1 is 1.09 bits per heavy atom. The van der Waals surface area contributed by atoms with E-state index in [0.717, 1.165) is 5.56 Å². The van der Waals surface area contributed by atoms with Crippen molar-refractivity contribution in [2.75, 3.05) is 41.7 Å². The molecule has 3 aliphatic heterocycles. The van der Waals surface area contributed by atoms with Gasteiger partial charge in [-0.05, 0) is 17.7 Å². The molecule has 0 amide bonds. The number of ether oxygens (including phenoxy) is 6. The van der Waals surface area contributed by atoms with Gasteiger partial charge in [0.25, 0.3) is 0 Å². The number of likely N-dealkylation sites (N-methyl/N-ethyl adjacent to an activating group) is 1. The number of esters is 1. The lowest BCUT2D eigenvalue weighted by atomic mass is 9.85. The van der Waals surface area contributed by atoms with Crippen LogP contribution in [0.2, 0.25) is 0 Å². The summed E-state index contributed by atoms with van der Waals surface area (Å²) in [7, 11) is 6.08. The standard InChI is InChI=1S/C22H23NO8.ClH/c1-23(25)8-7-11-9-14-20(30-10-29-14)21(28-4)15(11)17(23)18-12-5-6-13(26-2)19(27-3)16(12)22(24)31-18;/h5-6,9,17-18H,7-8,10H2,1-4H3;1H/t17-,18+,23?;/m1./s1. The van der Waals surface area contributed by atoms with E-state index in [-0.39, 0.29) is 24.8 Å². The van der Waals surface area contributed by atoms with Gasteiger partial charge in [0.15, 0.2) is 35.1 Å². The first-order valence-corrected chi connectivity index (χ1v) is 9.92. The van der Waals surface area contributed by atoms with Crippen LogP contribution in [-0.4, -0.2) is 52.3 Å². The molecule has 0 spiro atoms. The lowest BCUT2D eigenvalue weighted by molar-refractivity contribution is -0.899. The van der Waals surface area contributed by atoms with E-state index in [1.807, 2.05) is 6.07 Å². The minimum atomic E-state index is -0.821. The molecule has 3 aliphatic rings. The van der Waals surface area contributed by atoms with Crippen LogP contribution in [0.4, 0.5) is 0 Å². The van der Waals surface area contributed by atoms with Crippen LogP contribution in [0.3, 0.4) is 0 Å². The maximum absolute atomic E-state index is 13.7. The first-order chi connectivity index (χ1) is 14.9. The molecule has 0 N–H and O–H groups in total. The molecule has 0 fully saturated rings. The number of carbonyl (C=O) groups is 1. The first-order valence-electron chi connectivity index (χ1n) is 9.92. The molecule has 0 aromatic heterocycles. The fraction of sp³-hybridized carbons (Fsp3) is 0.409. The quantitative estimate of drug-likeness (QED) is 0.385. The SMILES string of the molecule is COc1ccc2c(c1OC)C(=O)O[C@@H]2[C@H]1c2c(cc3c(c2OC)OCO3)CC[N+]1(C)[O-].Cl. The zero-order valence-corrected chi connectivity index (χ0v) is 18.9. The lowest BCUT2D eigenvalue weighted by Crippen LogP contribution is -2.48. The van der Waals surface area contributed by atoms with Gasteiger partial charge in [-0.3, -0.25) is 0 Å². The molecule has 0 radical (unpaired) electrons. The van der Waals surface area contributed by atoms with E-state index in [2.05, 4.69) is 0 Å². The van der Waals surface area contributed by atoms with E-state index in [1.54, 1.807) is 19.2 Å². The molecular formula is C22H24ClNO8. The molecule has 0 saturated carbocycles. The van der Waals surface area contributed by atoms with E-state index in [1.165, 1.54) is 21.3 Å². The Morgan fingerprint density at radius 2 is 1.84 bits per heavy atom. The van der Waals surface area contributed by atoms with Crippen molar-refractivity contribution in [3.63, 3.8) is 0 Å². The maximum Gasteiger partial charge on any atom is 0.343 e. The highest BCUT2D eigenvalue weighted by Gasteiger charge is 2.50. The molecule has 9 nitrogen and oxygen atoms in total. The van der Waals surface area contributed by atoms with Crippen molar-refractivity contribution in [3.8, 4) is 28.7 Å². The minimum absolute atomic E-state index is 0. The summed E-state index contributed by atoms with van der Waals surface area (Å²) >= 11 is 0. The van der Waals surface area contributed by atoms with Gasteiger partial charge in [0.1, 0.15) is 5.56 Å². The van der Waals surface area contributed by atoms with E-state index >= 15 is 0 Å². The molecule has 3 heterocycles. The van der Waals surface area contributed by atoms with Crippen molar-refractivity contribution in [1.29, 1.82) is 0 Å². The van der Waals surface area contributed by atoms with Gasteiger partial charge in [-0.2, -0.15) is 0 Å². The Morgan fingerprint density at radius 3 is 2.53 bits per heavy atom. The summed E-state index contributed by atoms with van der Waals surface area (Å²) in [6, 6.07) is 4.59. The lowest BCUT2D eigenvalue weighted by Gasteiger charge is -2.50. The van der Waals surface area contributed by atoms with Crippen molar-refractivity contribution in [1.82, 2.24) is 0 Å². The van der Waals surface area contributed by atoms with Crippen LogP contribution in [0.15, 0.2) is 18.2 Å². The molecule has 2 aromatic carbocycles. The smallest absolute Gasteiger partial charge is 0.343 e. The van der Waals surface area contributed by atoms with Crippen LogP contribution >= 0.6 is 12.4 Å². The number of benzene rings is 2. The number of fused-ring (bicyclic) bond motifs is 3. The number of methoxy groups -OCH3 is 3. The number of halogens is 1. The molecule has 0 aliphatic carbocycles. The van der Waals surface area contributed by atoms with Gasteiger partial charge in [0.05, 0.1) is 40.5 Å². The van der Waals surface area contributed by atoms with E-state index < -0.39 is 22.8 Å². The van der Waals surface area contributed by atoms with Gasteiger partial charge in [0, 0.05) is 12.0 Å². The van der Waals surface area contributed by atoms with Gasteiger partial charge in [-0.1, -0.05) is 6.07 Å². The van der Waals surface area contributed by atoms with Crippen LogP contribution in [0.25, 0.3) is 0 Å². The molecule has 5 rings (SSSR count). The maximum atomic E-state index is 13.7. The Balaban J connectivity index is 0.00000245. The van der Waals surface area contributed by atoms with E-state index in [9.17, 15) is 10.0 Å². The number of cyclic esters (lactones) is 1. The van der Waals surface area contributed by atoms with Crippen LogP contribution in [-0.2, 0) is 11.2 Å². The highest BCUT2D eigenvalue weighted by Crippen LogP contribution is 2.56. The summed E-state index contributed by atoms with van der Waals surface area (Å²) in [5.41, 5.74) is 2.46. The third kappa shape index (κ3) is 3.03. The molecule has 172 valence electrons. The highest BCUT2D eigenvalue weighted by molar-refractivity contribution is 5.98. The van der Waals surface area contributed by atoms with Crippen LogP contribution in [0, 0.1) is 5.21 Å². The summed E-state index contributed by atoms with van der Waals surface area (Å²) in [5, 5.41) is 13.7. The van der Waals surface area contributed by atoms with Crippen LogP contribution < -0.4 is 23.7 Å². The summed E-state index contributed by atoms with van der Waals surface area (Å²) in [4.78, 5) is 12.9. The van der Waals surface area contributed by atoms with Crippen LogP contribution in [0.5, 0.6) is 28.7 Å². The Kier molecular flexibility index (Phi) is 5.52. The van der Waals surface area contributed by atoms with Gasteiger partial charge in [-0.15, -0.1) is 12.4 Å². The summed E-state index contributed by atoms with van der Waals surface area (Å²) in [6.07, 6.45) is -0.281. The number of quaternary nitrogens is 1. The molecular weight excluding hydrogens is 442 g/mol. The second kappa shape index (κ2) is 7.91. The second-order valence-corrected chi connectivity index (χ2v) is 7.90. The fourth-order valence-electron chi connectivity index (χ4n) is 4.87. The highest BCUT2D eigenvalue weighted by atomic mass is 35.5. The van der Waals surface area contributed by atoms with Crippen molar-refractivity contribution >= 4 is 18.4 Å². The van der Waals surface area contributed by atoms with Gasteiger partial charge in [0.2, 0.25) is 12.5 Å². The molecule has 0 bridgehead atoms.